The molecule has 0 unspecified atom stereocenters. The molecule has 1 N–H and O–H groups in total. The van der Waals surface area contributed by atoms with Crippen LogP contribution in [0.1, 0.15) is 31.7 Å². The summed E-state index contributed by atoms with van der Waals surface area (Å²) in [5.41, 5.74) is 1.17. The fourth-order valence-corrected chi connectivity index (χ4v) is 2.01. The highest BCUT2D eigenvalue weighted by Crippen LogP contribution is 2.30. The summed E-state index contributed by atoms with van der Waals surface area (Å²) in [5, 5.41) is 3.33. The molecule has 0 saturated carbocycles. The number of carbonyl (C=O) groups excluding carboxylic acids is 1. The molecule has 104 valence electrons. The number of ether oxygens (including phenoxy) is 2. The van der Waals surface area contributed by atoms with E-state index in [1.54, 1.807) is 6.92 Å². The van der Waals surface area contributed by atoms with Crippen LogP contribution in [0.4, 0.5) is 0 Å². The second-order valence-corrected chi connectivity index (χ2v) is 4.81. The van der Waals surface area contributed by atoms with E-state index in [2.05, 4.69) is 5.32 Å². The van der Waals surface area contributed by atoms with E-state index in [0.717, 1.165) is 44.0 Å². The van der Waals surface area contributed by atoms with Crippen molar-refractivity contribution in [3.63, 3.8) is 0 Å². The first-order chi connectivity index (χ1) is 9.25. The molecule has 4 nitrogen and oxygen atoms in total. The van der Waals surface area contributed by atoms with Crippen LogP contribution in [0.25, 0.3) is 0 Å². The lowest BCUT2D eigenvalue weighted by molar-refractivity contribution is -0.117. The summed E-state index contributed by atoms with van der Waals surface area (Å²) in [6.45, 7) is 4.70. The minimum Gasteiger partial charge on any atom is -0.490 e. The van der Waals surface area contributed by atoms with Crippen molar-refractivity contribution in [2.24, 2.45) is 0 Å². The molecule has 1 aliphatic heterocycles. The fourth-order valence-electron chi connectivity index (χ4n) is 2.01. The smallest absolute Gasteiger partial charge is 0.161 e. The lowest BCUT2D eigenvalue weighted by atomic mass is 10.2. The van der Waals surface area contributed by atoms with Crippen LogP contribution >= 0.6 is 0 Å². The first-order valence-electron chi connectivity index (χ1n) is 6.84. The van der Waals surface area contributed by atoms with Gasteiger partial charge in [0.05, 0.1) is 13.2 Å². The standard InChI is InChI=1S/C15H21NO3/c1-12(17)4-2-7-16-11-13-5-6-14-15(10-13)19-9-3-8-18-14/h5-6,10,16H,2-4,7-9,11H2,1H3. The van der Waals surface area contributed by atoms with Crippen molar-refractivity contribution < 1.29 is 14.3 Å². The second kappa shape index (κ2) is 7.14. The van der Waals surface area contributed by atoms with Gasteiger partial charge in [-0.2, -0.15) is 0 Å². The number of hydrogen-bond acceptors (Lipinski definition) is 4. The summed E-state index contributed by atoms with van der Waals surface area (Å²) in [4.78, 5) is 10.8. The minimum atomic E-state index is 0.248. The maximum atomic E-state index is 10.8. The van der Waals surface area contributed by atoms with E-state index in [9.17, 15) is 4.79 Å². The summed E-state index contributed by atoms with van der Waals surface area (Å²) in [6.07, 6.45) is 2.46. The average molecular weight is 263 g/mol. The van der Waals surface area contributed by atoms with Gasteiger partial charge in [0.2, 0.25) is 0 Å². The Kier molecular flexibility index (Phi) is 5.21. The molecule has 1 heterocycles. The lowest BCUT2D eigenvalue weighted by Crippen LogP contribution is -2.15. The van der Waals surface area contributed by atoms with Crippen LogP contribution in [0.5, 0.6) is 11.5 Å². The van der Waals surface area contributed by atoms with Crippen molar-refractivity contribution in [1.82, 2.24) is 5.32 Å². The Labute approximate surface area is 114 Å². The second-order valence-electron chi connectivity index (χ2n) is 4.81. The number of fused-ring (bicyclic) bond motifs is 1. The first-order valence-corrected chi connectivity index (χ1v) is 6.84. The van der Waals surface area contributed by atoms with E-state index < -0.39 is 0 Å². The average Bonchev–Trinajstić information content (AvgIpc) is 2.62. The van der Waals surface area contributed by atoms with Gasteiger partial charge in [0.25, 0.3) is 0 Å². The van der Waals surface area contributed by atoms with Gasteiger partial charge in [-0.3, -0.25) is 0 Å². The van der Waals surface area contributed by atoms with E-state index in [1.807, 2.05) is 18.2 Å². The minimum absolute atomic E-state index is 0.248. The Morgan fingerprint density at radius 3 is 2.84 bits per heavy atom. The highest BCUT2D eigenvalue weighted by Gasteiger charge is 2.10. The monoisotopic (exact) mass is 263 g/mol. The largest absolute Gasteiger partial charge is 0.490 e. The molecule has 0 saturated heterocycles. The maximum absolute atomic E-state index is 10.8. The number of carbonyl (C=O) groups is 1. The number of rotatable bonds is 6. The van der Waals surface area contributed by atoms with Crippen LogP contribution in [-0.2, 0) is 11.3 Å². The molecule has 2 rings (SSSR count). The van der Waals surface area contributed by atoms with Crippen molar-refractivity contribution in [3.05, 3.63) is 23.8 Å². The van der Waals surface area contributed by atoms with Crippen molar-refractivity contribution >= 4 is 5.78 Å². The highest BCUT2D eigenvalue weighted by molar-refractivity contribution is 5.75. The van der Waals surface area contributed by atoms with Crippen LogP contribution in [0.15, 0.2) is 18.2 Å². The van der Waals surface area contributed by atoms with Crippen molar-refractivity contribution in [3.8, 4) is 11.5 Å². The van der Waals surface area contributed by atoms with Gasteiger partial charge < -0.3 is 19.6 Å². The molecule has 0 fully saturated rings. The summed E-state index contributed by atoms with van der Waals surface area (Å²) >= 11 is 0. The zero-order valence-corrected chi connectivity index (χ0v) is 11.4. The molecule has 1 aromatic carbocycles. The zero-order valence-electron chi connectivity index (χ0n) is 11.4. The molecule has 1 aliphatic rings. The third-order valence-electron chi connectivity index (χ3n) is 3.02. The Morgan fingerprint density at radius 2 is 2.05 bits per heavy atom. The van der Waals surface area contributed by atoms with Gasteiger partial charge in [0, 0.05) is 19.4 Å². The molecular weight excluding hydrogens is 242 g/mol. The summed E-state index contributed by atoms with van der Waals surface area (Å²) in [7, 11) is 0. The third kappa shape index (κ3) is 4.56. The van der Waals surface area contributed by atoms with E-state index >= 15 is 0 Å². The Bertz CT molecular complexity index is 431. The topological polar surface area (TPSA) is 47.6 Å². The molecule has 0 atom stereocenters. The summed E-state index contributed by atoms with van der Waals surface area (Å²) in [6, 6.07) is 6.04. The van der Waals surface area contributed by atoms with Gasteiger partial charge in [0.1, 0.15) is 5.78 Å². The molecule has 4 heteroatoms. The molecule has 0 amide bonds. The lowest BCUT2D eigenvalue weighted by Gasteiger charge is -2.10. The zero-order chi connectivity index (χ0) is 13.5. The first kappa shape index (κ1) is 13.9. The molecular formula is C15H21NO3. The van der Waals surface area contributed by atoms with Crippen LogP contribution in [0.2, 0.25) is 0 Å². The van der Waals surface area contributed by atoms with Gasteiger partial charge in [-0.25, -0.2) is 0 Å². The van der Waals surface area contributed by atoms with Crippen molar-refractivity contribution in [2.45, 2.75) is 32.7 Å². The third-order valence-corrected chi connectivity index (χ3v) is 3.02. The van der Waals surface area contributed by atoms with Gasteiger partial charge in [-0.1, -0.05) is 6.07 Å². The molecule has 1 aromatic rings. The Hall–Kier alpha value is -1.55. The summed E-state index contributed by atoms with van der Waals surface area (Å²) in [5.74, 6) is 1.91. The SMILES string of the molecule is CC(=O)CCCNCc1ccc2c(c1)OCCCO2. The number of hydrogen-bond donors (Lipinski definition) is 1. The van der Waals surface area contributed by atoms with Gasteiger partial charge >= 0.3 is 0 Å². The molecule has 0 radical (unpaired) electrons. The normalized spacial score (nSPS) is 13.9. The van der Waals surface area contributed by atoms with Gasteiger partial charge in [-0.15, -0.1) is 0 Å². The molecule has 0 spiro atoms. The highest BCUT2D eigenvalue weighted by atomic mass is 16.5. The van der Waals surface area contributed by atoms with Gasteiger partial charge in [-0.05, 0) is 37.6 Å². The van der Waals surface area contributed by atoms with E-state index in [0.29, 0.717) is 13.0 Å². The predicted octanol–water partition coefficient (Wildman–Crippen LogP) is 2.31. The number of nitrogens with one attached hydrogen (secondary N) is 1. The predicted molar refractivity (Wildman–Crippen MR) is 73.7 cm³/mol. The molecule has 0 bridgehead atoms. The Morgan fingerprint density at radius 1 is 1.26 bits per heavy atom. The number of benzene rings is 1. The van der Waals surface area contributed by atoms with Crippen LogP contribution in [0, 0.1) is 0 Å². The summed E-state index contributed by atoms with van der Waals surface area (Å²) < 4.78 is 11.2. The van der Waals surface area contributed by atoms with Gasteiger partial charge in [0.15, 0.2) is 11.5 Å². The fraction of sp³-hybridized carbons (Fsp3) is 0.533. The van der Waals surface area contributed by atoms with E-state index in [-0.39, 0.29) is 5.78 Å². The van der Waals surface area contributed by atoms with Crippen molar-refractivity contribution in [1.29, 1.82) is 0 Å². The maximum Gasteiger partial charge on any atom is 0.161 e. The van der Waals surface area contributed by atoms with E-state index in [1.165, 1.54) is 5.56 Å². The Balaban J connectivity index is 1.81. The quantitative estimate of drug-likeness (QED) is 0.800. The van der Waals surface area contributed by atoms with Crippen LogP contribution in [-0.4, -0.2) is 25.5 Å². The number of Topliss-reactive ketones (excluding diaryl/α,β-unsaturated/α-hetero) is 1. The van der Waals surface area contributed by atoms with Crippen molar-refractivity contribution in [2.75, 3.05) is 19.8 Å². The molecule has 0 aliphatic carbocycles. The molecule has 19 heavy (non-hydrogen) atoms. The van der Waals surface area contributed by atoms with Crippen LogP contribution in [0.3, 0.4) is 0 Å². The number of ketones is 1. The molecule has 0 aromatic heterocycles. The van der Waals surface area contributed by atoms with Crippen LogP contribution < -0.4 is 14.8 Å². The van der Waals surface area contributed by atoms with E-state index in [4.69, 9.17) is 9.47 Å².